The summed E-state index contributed by atoms with van der Waals surface area (Å²) in [7, 11) is 0. The van der Waals surface area contributed by atoms with Gasteiger partial charge in [0.25, 0.3) is 0 Å². The van der Waals surface area contributed by atoms with Crippen molar-refractivity contribution in [2.75, 3.05) is 11.1 Å². The lowest BCUT2D eigenvalue weighted by Crippen LogP contribution is -2.45. The van der Waals surface area contributed by atoms with Gasteiger partial charge in [-0.1, -0.05) is 51.1 Å². The quantitative estimate of drug-likeness (QED) is 0.579. The molecule has 3 N–H and O–H groups in total. The predicted molar refractivity (Wildman–Crippen MR) is 124 cm³/mol. The van der Waals surface area contributed by atoms with Crippen LogP contribution in [0, 0.1) is 11.3 Å². The molecule has 0 heterocycles. The van der Waals surface area contributed by atoms with Gasteiger partial charge in [0.05, 0.1) is 17.7 Å². The monoisotopic (exact) mass is 430 g/mol. The predicted octanol–water partition coefficient (Wildman–Crippen LogP) is 4.54. The Morgan fingerprint density at radius 1 is 1.17 bits per heavy atom. The number of thioether (sulfide) groups is 1. The van der Waals surface area contributed by atoms with Crippen molar-refractivity contribution in [1.29, 1.82) is 0 Å². The lowest BCUT2D eigenvalue weighted by atomic mass is 9.87. The average Bonchev–Trinajstić information content (AvgIpc) is 2.65. The topological polar surface area (TPSA) is 78.4 Å². The van der Waals surface area contributed by atoms with Crippen molar-refractivity contribution in [3.63, 3.8) is 0 Å². The molecule has 2 amide bonds. The van der Waals surface area contributed by atoms with Gasteiger partial charge in [0.2, 0.25) is 11.8 Å². The number of aliphatic hydroxyl groups excluding tert-OH is 1. The Labute approximate surface area is 184 Å². The van der Waals surface area contributed by atoms with E-state index < -0.39 is 11.5 Å². The number of para-hydroxylation sites is 1. The number of aliphatic hydroxyl groups is 1. The Morgan fingerprint density at radius 2 is 1.83 bits per heavy atom. The fourth-order valence-electron chi connectivity index (χ4n) is 2.97. The fraction of sp³-hybridized carbons (Fsp3) is 0.500. The van der Waals surface area contributed by atoms with E-state index in [0.717, 1.165) is 16.2 Å². The highest BCUT2D eigenvalue weighted by atomic mass is 32.2. The smallest absolute Gasteiger partial charge is 0.229 e. The maximum absolute atomic E-state index is 12.7. The van der Waals surface area contributed by atoms with Crippen LogP contribution in [-0.4, -0.2) is 34.3 Å². The molecule has 5 nitrogen and oxygen atoms in total. The van der Waals surface area contributed by atoms with Crippen LogP contribution in [0.5, 0.6) is 0 Å². The van der Waals surface area contributed by atoms with Crippen LogP contribution in [0.2, 0.25) is 0 Å². The third-order valence-corrected chi connectivity index (χ3v) is 5.76. The van der Waals surface area contributed by atoms with Crippen molar-refractivity contribution in [2.24, 2.45) is 11.3 Å². The van der Waals surface area contributed by atoms with Crippen LogP contribution in [0.4, 0.5) is 5.69 Å². The third kappa shape index (κ3) is 7.03. The molecule has 0 radical (unpaired) electrons. The highest BCUT2D eigenvalue weighted by Gasteiger charge is 2.30. The molecular formula is C24H34N2O3S. The van der Waals surface area contributed by atoms with Crippen LogP contribution in [0.25, 0.3) is 0 Å². The summed E-state index contributed by atoms with van der Waals surface area (Å²) in [6, 6.07) is 7.57. The molecule has 164 valence electrons. The summed E-state index contributed by atoms with van der Waals surface area (Å²) >= 11 is 1.47. The molecule has 0 aliphatic heterocycles. The minimum absolute atomic E-state index is 0.0601. The number of allylic oxidation sites excluding steroid dienone is 3. The third-order valence-electron chi connectivity index (χ3n) is 4.61. The number of nitrogens with one attached hydrogen (secondary N) is 2. The fourth-order valence-corrected chi connectivity index (χ4v) is 3.95. The number of hydrogen-bond donors (Lipinski definition) is 3. The highest BCUT2D eigenvalue weighted by Crippen LogP contribution is 2.32. The molecule has 1 aliphatic carbocycles. The normalized spacial score (nSPS) is 17.8. The molecule has 2 rings (SSSR count). The summed E-state index contributed by atoms with van der Waals surface area (Å²) in [6.07, 6.45) is 5.50. The van der Waals surface area contributed by atoms with Gasteiger partial charge in [0.1, 0.15) is 0 Å². The Bertz CT molecular complexity index is 832. The zero-order valence-electron chi connectivity index (χ0n) is 18.8. The van der Waals surface area contributed by atoms with E-state index >= 15 is 0 Å². The maximum atomic E-state index is 12.7. The zero-order chi connectivity index (χ0) is 22.5. The van der Waals surface area contributed by atoms with Crippen molar-refractivity contribution >= 4 is 29.3 Å². The molecule has 0 saturated heterocycles. The van der Waals surface area contributed by atoms with Crippen molar-refractivity contribution in [3.05, 3.63) is 48.1 Å². The van der Waals surface area contributed by atoms with Gasteiger partial charge in [-0.15, -0.1) is 11.8 Å². The number of rotatable bonds is 6. The van der Waals surface area contributed by atoms with Gasteiger partial charge in [-0.25, -0.2) is 0 Å². The molecule has 6 heteroatoms. The van der Waals surface area contributed by atoms with Crippen molar-refractivity contribution in [3.8, 4) is 0 Å². The van der Waals surface area contributed by atoms with Crippen molar-refractivity contribution in [2.45, 2.75) is 64.5 Å². The summed E-state index contributed by atoms with van der Waals surface area (Å²) in [4.78, 5) is 26.0. The number of anilines is 1. The second-order valence-corrected chi connectivity index (χ2v) is 10.7. The van der Waals surface area contributed by atoms with Crippen LogP contribution < -0.4 is 10.6 Å². The lowest BCUT2D eigenvalue weighted by Gasteiger charge is -2.29. The number of hydrogen-bond acceptors (Lipinski definition) is 4. The van der Waals surface area contributed by atoms with E-state index in [1.807, 2.05) is 84.0 Å². The molecule has 1 aliphatic rings. The standard InChI is InChI=1S/C24H34N2O3S/c1-23(2,3)22(29)25-18-13-9-10-14-20(18)30-15-19(27)16-11-7-8-12-17(16)21(28)26-24(4,5)6/h7-11,13-14,17,19,27H,12,15H2,1-6H3,(H,25,29)(H,26,28). The second kappa shape index (κ2) is 9.84. The molecule has 0 fully saturated rings. The van der Waals surface area contributed by atoms with Crippen LogP contribution in [0.3, 0.4) is 0 Å². The summed E-state index contributed by atoms with van der Waals surface area (Å²) in [5.41, 5.74) is 0.634. The first-order valence-corrected chi connectivity index (χ1v) is 11.3. The molecular weight excluding hydrogens is 396 g/mol. The number of carbonyl (C=O) groups is 2. The molecule has 2 atom stereocenters. The number of benzene rings is 1. The molecule has 1 aromatic rings. The average molecular weight is 431 g/mol. The van der Waals surface area contributed by atoms with Gasteiger partial charge < -0.3 is 15.7 Å². The molecule has 2 unspecified atom stereocenters. The molecule has 0 saturated carbocycles. The minimum Gasteiger partial charge on any atom is -0.388 e. The van der Waals surface area contributed by atoms with E-state index in [1.165, 1.54) is 11.8 Å². The molecule has 0 bridgehead atoms. The lowest BCUT2D eigenvalue weighted by molar-refractivity contribution is -0.125. The number of amides is 2. The second-order valence-electron chi connectivity index (χ2n) is 9.65. The summed E-state index contributed by atoms with van der Waals surface area (Å²) in [5.74, 6) is -0.114. The van der Waals surface area contributed by atoms with Crippen LogP contribution in [0.1, 0.15) is 48.0 Å². The van der Waals surface area contributed by atoms with Crippen molar-refractivity contribution in [1.82, 2.24) is 5.32 Å². The van der Waals surface area contributed by atoms with Gasteiger partial charge in [-0.05, 0) is 44.9 Å². The van der Waals surface area contributed by atoms with E-state index in [9.17, 15) is 14.7 Å². The van der Waals surface area contributed by atoms with Gasteiger partial charge in [-0.2, -0.15) is 0 Å². The first-order valence-electron chi connectivity index (χ1n) is 10.3. The Morgan fingerprint density at radius 3 is 2.47 bits per heavy atom. The SMILES string of the molecule is CC(C)(C)NC(=O)C1CC=CC=C1C(O)CSc1ccccc1NC(=O)C(C)(C)C. The first-order chi connectivity index (χ1) is 13.9. The van der Waals surface area contributed by atoms with Crippen molar-refractivity contribution < 1.29 is 14.7 Å². The van der Waals surface area contributed by atoms with E-state index in [-0.39, 0.29) is 23.3 Å². The largest absolute Gasteiger partial charge is 0.388 e. The Balaban J connectivity index is 2.08. The van der Waals surface area contributed by atoms with Gasteiger partial charge in [0.15, 0.2) is 0 Å². The summed E-state index contributed by atoms with van der Waals surface area (Å²) < 4.78 is 0. The van der Waals surface area contributed by atoms with E-state index in [0.29, 0.717) is 12.2 Å². The van der Waals surface area contributed by atoms with E-state index in [4.69, 9.17) is 0 Å². The Hall–Kier alpha value is -2.05. The van der Waals surface area contributed by atoms with E-state index in [1.54, 1.807) is 0 Å². The molecule has 0 spiro atoms. The highest BCUT2D eigenvalue weighted by molar-refractivity contribution is 7.99. The Kier molecular flexibility index (Phi) is 7.94. The summed E-state index contributed by atoms with van der Waals surface area (Å²) in [5, 5.41) is 16.9. The molecule has 30 heavy (non-hydrogen) atoms. The van der Waals surface area contributed by atoms with Crippen LogP contribution in [0.15, 0.2) is 53.0 Å². The summed E-state index contributed by atoms with van der Waals surface area (Å²) in [6.45, 7) is 11.4. The zero-order valence-corrected chi connectivity index (χ0v) is 19.6. The molecule has 1 aromatic carbocycles. The number of carbonyl (C=O) groups excluding carboxylic acids is 2. The van der Waals surface area contributed by atoms with Gasteiger partial charge >= 0.3 is 0 Å². The minimum atomic E-state index is -0.762. The maximum Gasteiger partial charge on any atom is 0.229 e. The van der Waals surface area contributed by atoms with Gasteiger partial charge in [0, 0.05) is 21.6 Å². The van der Waals surface area contributed by atoms with Crippen LogP contribution in [-0.2, 0) is 9.59 Å². The molecule has 0 aromatic heterocycles. The van der Waals surface area contributed by atoms with Crippen LogP contribution >= 0.6 is 11.8 Å². The first kappa shape index (κ1) is 24.2. The van der Waals surface area contributed by atoms with E-state index in [2.05, 4.69) is 10.6 Å². The van der Waals surface area contributed by atoms with Gasteiger partial charge in [-0.3, -0.25) is 9.59 Å².